The number of aryl methyl sites for hydroxylation is 2. The normalized spacial score (nSPS) is 13.6. The van der Waals surface area contributed by atoms with Crippen LogP contribution in [0.4, 0.5) is 0 Å². The lowest BCUT2D eigenvalue weighted by Crippen LogP contribution is -2.23. The number of aliphatic carboxylic acids is 1. The lowest BCUT2D eigenvalue weighted by Gasteiger charge is -2.11. The van der Waals surface area contributed by atoms with E-state index in [0.29, 0.717) is 15.9 Å². The van der Waals surface area contributed by atoms with Crippen LogP contribution in [0.15, 0.2) is 4.47 Å². The highest BCUT2D eigenvalue weighted by atomic mass is 79.9. The molecule has 0 aliphatic carbocycles. The molecule has 0 spiro atoms. The fraction of sp³-hybridized carbons (Fsp3) is 0.600. The van der Waals surface area contributed by atoms with Crippen LogP contribution in [0.1, 0.15) is 24.7 Å². The molecule has 1 atom stereocenters. The maximum atomic E-state index is 12.0. The Balaban J connectivity index is 2.99. The molecule has 0 aliphatic heterocycles. The Morgan fingerprint density at radius 1 is 1.56 bits per heavy atom. The van der Waals surface area contributed by atoms with E-state index in [-0.39, 0.29) is 5.75 Å². The zero-order valence-corrected chi connectivity index (χ0v) is 12.7. The first kappa shape index (κ1) is 15.2. The molecule has 6 nitrogen and oxygen atoms in total. The van der Waals surface area contributed by atoms with Crippen LogP contribution in [0, 0.1) is 6.92 Å². The molecule has 8 heteroatoms. The van der Waals surface area contributed by atoms with Gasteiger partial charge in [0.15, 0.2) is 9.84 Å². The summed E-state index contributed by atoms with van der Waals surface area (Å²) in [6, 6.07) is 0. The van der Waals surface area contributed by atoms with Crippen molar-refractivity contribution < 1.29 is 18.3 Å². The van der Waals surface area contributed by atoms with Crippen molar-refractivity contribution in [2.24, 2.45) is 7.05 Å². The van der Waals surface area contributed by atoms with Crippen molar-refractivity contribution in [1.29, 1.82) is 0 Å². The van der Waals surface area contributed by atoms with Crippen LogP contribution in [-0.2, 0) is 27.4 Å². The quantitative estimate of drug-likeness (QED) is 0.873. The topological polar surface area (TPSA) is 89.3 Å². The Morgan fingerprint density at radius 3 is 2.50 bits per heavy atom. The van der Waals surface area contributed by atoms with Gasteiger partial charge in [-0.1, -0.05) is 0 Å². The minimum absolute atomic E-state index is 0.223. The van der Waals surface area contributed by atoms with Gasteiger partial charge in [-0.3, -0.25) is 9.48 Å². The molecular weight excluding hydrogens is 324 g/mol. The maximum Gasteiger partial charge on any atom is 0.304 e. The summed E-state index contributed by atoms with van der Waals surface area (Å²) < 4.78 is 26.2. The molecule has 0 aromatic carbocycles. The molecule has 1 aromatic rings. The van der Waals surface area contributed by atoms with E-state index in [2.05, 4.69) is 21.0 Å². The highest BCUT2D eigenvalue weighted by molar-refractivity contribution is 9.10. The second kappa shape index (κ2) is 5.40. The molecule has 0 amide bonds. The first-order valence-corrected chi connectivity index (χ1v) is 7.77. The Bertz CT molecular complexity index is 565. The van der Waals surface area contributed by atoms with E-state index in [9.17, 15) is 13.2 Å². The van der Waals surface area contributed by atoms with Gasteiger partial charge in [0.2, 0.25) is 0 Å². The summed E-state index contributed by atoms with van der Waals surface area (Å²) >= 11 is 3.29. The van der Waals surface area contributed by atoms with Crippen molar-refractivity contribution in [2.75, 3.05) is 0 Å². The van der Waals surface area contributed by atoms with E-state index < -0.39 is 27.5 Å². The molecule has 1 heterocycles. The molecule has 1 aromatic heterocycles. The number of nitrogens with zero attached hydrogens (tertiary/aromatic N) is 2. The molecule has 0 saturated carbocycles. The number of aromatic nitrogens is 2. The second-order valence-corrected chi connectivity index (χ2v) is 7.40. The van der Waals surface area contributed by atoms with Crippen LogP contribution >= 0.6 is 15.9 Å². The summed E-state index contributed by atoms with van der Waals surface area (Å²) in [4.78, 5) is 10.6. The summed E-state index contributed by atoms with van der Waals surface area (Å²) in [5.74, 6) is -1.34. The third-order valence-corrected chi connectivity index (χ3v) is 5.77. The number of carboxylic acids is 1. The minimum atomic E-state index is -3.51. The Morgan fingerprint density at radius 2 is 2.11 bits per heavy atom. The molecule has 0 bridgehead atoms. The Hall–Kier alpha value is -0.890. The third kappa shape index (κ3) is 3.32. The molecular formula is C10H15BrN2O4S. The second-order valence-electron chi connectivity index (χ2n) is 4.19. The van der Waals surface area contributed by atoms with E-state index in [1.807, 2.05) is 0 Å². The van der Waals surface area contributed by atoms with E-state index in [0.717, 1.165) is 0 Å². The smallest absolute Gasteiger partial charge is 0.304 e. The number of sulfone groups is 1. The van der Waals surface area contributed by atoms with Crippen molar-refractivity contribution >= 4 is 31.7 Å². The van der Waals surface area contributed by atoms with E-state index >= 15 is 0 Å². The van der Waals surface area contributed by atoms with E-state index in [1.54, 1.807) is 14.0 Å². The molecule has 0 radical (unpaired) electrons. The summed E-state index contributed by atoms with van der Waals surface area (Å²) in [5, 5.41) is 11.8. The van der Waals surface area contributed by atoms with Crippen LogP contribution < -0.4 is 0 Å². The van der Waals surface area contributed by atoms with Crippen LogP contribution in [0.5, 0.6) is 0 Å². The van der Waals surface area contributed by atoms with Crippen molar-refractivity contribution in [2.45, 2.75) is 31.3 Å². The molecule has 1 rings (SSSR count). The highest BCUT2D eigenvalue weighted by Gasteiger charge is 2.26. The third-order valence-electron chi connectivity index (χ3n) is 2.67. The van der Waals surface area contributed by atoms with Gasteiger partial charge in [-0.15, -0.1) is 0 Å². The SMILES string of the molecule is Cc1nn(C)c(CS(=O)(=O)C(C)CC(=O)O)c1Br. The zero-order valence-electron chi connectivity index (χ0n) is 10.3. The molecule has 0 aliphatic rings. The predicted molar refractivity (Wildman–Crippen MR) is 70.0 cm³/mol. The highest BCUT2D eigenvalue weighted by Crippen LogP contribution is 2.24. The Labute approximate surface area is 114 Å². The number of rotatable bonds is 5. The molecule has 1 N–H and O–H groups in total. The summed E-state index contributed by atoms with van der Waals surface area (Å²) in [6.45, 7) is 3.17. The van der Waals surface area contributed by atoms with Crippen LogP contribution in [0.2, 0.25) is 0 Å². The number of halogens is 1. The molecule has 0 saturated heterocycles. The number of carbonyl (C=O) groups is 1. The number of carboxylic acid groups (broad SMARTS) is 1. The zero-order chi connectivity index (χ0) is 14.1. The summed E-state index contributed by atoms with van der Waals surface area (Å²) in [5.41, 5.74) is 1.23. The van der Waals surface area contributed by atoms with Gasteiger partial charge in [-0.25, -0.2) is 8.42 Å². The summed E-state index contributed by atoms with van der Waals surface area (Å²) in [7, 11) is -1.85. The van der Waals surface area contributed by atoms with Crippen LogP contribution in [0.3, 0.4) is 0 Å². The monoisotopic (exact) mass is 338 g/mol. The Kier molecular flexibility index (Phi) is 4.55. The maximum absolute atomic E-state index is 12.0. The van der Waals surface area contributed by atoms with Gasteiger partial charge >= 0.3 is 5.97 Å². The van der Waals surface area contributed by atoms with Crippen molar-refractivity contribution in [3.05, 3.63) is 15.9 Å². The molecule has 0 fully saturated rings. The van der Waals surface area contributed by atoms with Crippen molar-refractivity contribution in [3.8, 4) is 0 Å². The minimum Gasteiger partial charge on any atom is -0.481 e. The van der Waals surface area contributed by atoms with Gasteiger partial charge in [0.25, 0.3) is 0 Å². The van der Waals surface area contributed by atoms with Crippen molar-refractivity contribution in [1.82, 2.24) is 9.78 Å². The first-order chi connectivity index (χ1) is 8.15. The predicted octanol–water partition coefficient (Wildman–Crippen LogP) is 1.27. The standard InChI is InChI=1S/C10H15BrN2O4S/c1-6(4-9(14)15)18(16,17)5-8-10(11)7(2)12-13(8)3/h6H,4-5H2,1-3H3,(H,14,15). The largest absolute Gasteiger partial charge is 0.481 e. The lowest BCUT2D eigenvalue weighted by atomic mass is 10.3. The lowest BCUT2D eigenvalue weighted by molar-refractivity contribution is -0.136. The summed E-state index contributed by atoms with van der Waals surface area (Å²) in [6.07, 6.45) is -0.392. The molecule has 1 unspecified atom stereocenters. The fourth-order valence-corrected chi connectivity index (χ4v) is 3.60. The van der Waals surface area contributed by atoms with Crippen molar-refractivity contribution in [3.63, 3.8) is 0 Å². The average Bonchev–Trinajstić information content (AvgIpc) is 2.44. The van der Waals surface area contributed by atoms with Gasteiger partial charge in [0.1, 0.15) is 0 Å². The van der Waals surface area contributed by atoms with Gasteiger partial charge in [-0.2, -0.15) is 5.10 Å². The van der Waals surface area contributed by atoms with E-state index in [4.69, 9.17) is 5.11 Å². The van der Waals surface area contributed by atoms with E-state index in [1.165, 1.54) is 11.6 Å². The number of hydrogen-bond acceptors (Lipinski definition) is 4. The van der Waals surface area contributed by atoms with Gasteiger partial charge in [0, 0.05) is 7.05 Å². The van der Waals surface area contributed by atoms with Gasteiger partial charge in [-0.05, 0) is 29.8 Å². The average molecular weight is 339 g/mol. The van der Waals surface area contributed by atoms with Gasteiger partial charge < -0.3 is 5.11 Å². The van der Waals surface area contributed by atoms with Crippen LogP contribution in [-0.4, -0.2) is 34.5 Å². The number of hydrogen-bond donors (Lipinski definition) is 1. The van der Waals surface area contributed by atoms with Gasteiger partial charge in [0.05, 0.1) is 33.3 Å². The van der Waals surface area contributed by atoms with Crippen LogP contribution in [0.25, 0.3) is 0 Å². The molecule has 18 heavy (non-hydrogen) atoms. The first-order valence-electron chi connectivity index (χ1n) is 5.26. The fourth-order valence-electron chi connectivity index (χ4n) is 1.54. The molecule has 102 valence electrons.